The average molecular weight is 915 g/mol. The van der Waals surface area contributed by atoms with Gasteiger partial charge in [-0.15, -0.1) is 0 Å². The molecule has 0 radical (unpaired) electrons. The summed E-state index contributed by atoms with van der Waals surface area (Å²) in [7, 11) is 0. The summed E-state index contributed by atoms with van der Waals surface area (Å²) < 4.78 is 2.51. The van der Waals surface area contributed by atoms with Crippen molar-refractivity contribution in [3.63, 3.8) is 0 Å². The predicted octanol–water partition coefficient (Wildman–Crippen LogP) is 16.1. The van der Waals surface area contributed by atoms with E-state index >= 15 is 0 Å². The summed E-state index contributed by atoms with van der Waals surface area (Å²) in [5, 5.41) is 5.08. The minimum atomic E-state index is -0.558. The van der Waals surface area contributed by atoms with Crippen LogP contribution in [0.5, 0.6) is 0 Å². The molecular formula is C67H54N4. The summed E-state index contributed by atoms with van der Waals surface area (Å²) in [5.41, 5.74) is 30.0. The van der Waals surface area contributed by atoms with Gasteiger partial charge >= 0.3 is 0 Å². The fourth-order valence-corrected chi connectivity index (χ4v) is 12.8. The number of aromatic nitrogens is 1. The first kappa shape index (κ1) is 41.9. The van der Waals surface area contributed by atoms with Crippen LogP contribution in [-0.2, 0) is 25.7 Å². The summed E-state index contributed by atoms with van der Waals surface area (Å²) in [6.45, 7) is 4.42. The number of aliphatic imine (C=N–C) groups is 2. The molecule has 1 N–H and O–H groups in total. The average Bonchev–Trinajstić information content (AvgIpc) is 4.19. The van der Waals surface area contributed by atoms with E-state index in [0.29, 0.717) is 0 Å². The molecule has 1 aromatic heterocycles. The monoisotopic (exact) mass is 914 g/mol. The maximum Gasteiger partial charge on any atom is 0.224 e. The topological polar surface area (TPSA) is 41.7 Å². The third-order valence-electron chi connectivity index (χ3n) is 16.0. The van der Waals surface area contributed by atoms with Gasteiger partial charge in [0.1, 0.15) is 11.7 Å². The molecule has 1 aliphatic heterocycles. The van der Waals surface area contributed by atoms with E-state index in [-0.39, 0.29) is 0 Å². The Bertz CT molecular complexity index is 3800. The van der Waals surface area contributed by atoms with E-state index in [1.54, 1.807) is 5.57 Å². The molecule has 8 aromatic rings. The fourth-order valence-electron chi connectivity index (χ4n) is 12.8. The third kappa shape index (κ3) is 6.87. The second-order valence-electron chi connectivity index (χ2n) is 20.0. The number of nitrogens with zero attached hydrogens (tertiary/aromatic N) is 3. The number of allylic oxidation sites excluding steroid dienone is 9. The van der Waals surface area contributed by atoms with E-state index in [1.807, 2.05) is 0 Å². The lowest BCUT2D eigenvalue weighted by molar-refractivity contribution is 0.537. The van der Waals surface area contributed by atoms with Crippen molar-refractivity contribution in [3.05, 3.63) is 243 Å². The van der Waals surface area contributed by atoms with E-state index in [2.05, 4.69) is 206 Å². The Balaban J connectivity index is 0.974. The molecule has 4 heteroatoms. The van der Waals surface area contributed by atoms with Gasteiger partial charge in [-0.2, -0.15) is 0 Å². The molecule has 7 aromatic carbocycles. The summed E-state index contributed by atoms with van der Waals surface area (Å²) in [6.07, 6.45) is 21.3. The van der Waals surface area contributed by atoms with Crippen molar-refractivity contribution in [1.82, 2.24) is 9.88 Å². The zero-order valence-electron chi connectivity index (χ0n) is 40.4. The van der Waals surface area contributed by atoms with Gasteiger partial charge in [0.2, 0.25) is 6.29 Å². The summed E-state index contributed by atoms with van der Waals surface area (Å²) in [5.74, 6) is 1.70. The summed E-state index contributed by atoms with van der Waals surface area (Å²) >= 11 is 0. The molecule has 71 heavy (non-hydrogen) atoms. The van der Waals surface area contributed by atoms with Crippen LogP contribution in [0.15, 0.2) is 197 Å². The van der Waals surface area contributed by atoms with Gasteiger partial charge < -0.3 is 9.88 Å². The van der Waals surface area contributed by atoms with Crippen LogP contribution in [0.4, 0.5) is 0 Å². The number of nitrogens with one attached hydrogen (secondary N) is 1. The van der Waals surface area contributed by atoms with Gasteiger partial charge in [0, 0.05) is 33.3 Å². The van der Waals surface area contributed by atoms with E-state index in [0.717, 1.165) is 74.2 Å². The van der Waals surface area contributed by atoms with Crippen LogP contribution in [0.3, 0.4) is 0 Å². The van der Waals surface area contributed by atoms with Crippen molar-refractivity contribution in [2.24, 2.45) is 9.98 Å². The molecule has 0 spiro atoms. The van der Waals surface area contributed by atoms with Gasteiger partial charge in [0.15, 0.2) is 0 Å². The lowest BCUT2D eigenvalue weighted by Crippen LogP contribution is -2.37. The molecule has 14 rings (SSSR count). The number of amidine groups is 2. The van der Waals surface area contributed by atoms with Gasteiger partial charge in [0.25, 0.3) is 0 Å². The minimum absolute atomic E-state index is 0.558. The van der Waals surface area contributed by atoms with E-state index in [9.17, 15) is 0 Å². The maximum absolute atomic E-state index is 5.73. The van der Waals surface area contributed by atoms with Crippen LogP contribution in [0.1, 0.15) is 102 Å². The number of hydrogen-bond acceptors (Lipinski definition) is 3. The third-order valence-corrected chi connectivity index (χ3v) is 16.0. The predicted molar refractivity (Wildman–Crippen MR) is 297 cm³/mol. The Labute approximate surface area is 416 Å². The minimum Gasteiger partial charge on any atom is -0.324 e. The molecule has 6 aliphatic rings. The quantitative estimate of drug-likeness (QED) is 0.162. The summed E-state index contributed by atoms with van der Waals surface area (Å²) in [6, 6.07) is 54.7. The van der Waals surface area contributed by atoms with Crippen LogP contribution in [0.2, 0.25) is 0 Å². The Kier molecular flexibility index (Phi) is 9.91. The Morgan fingerprint density at radius 1 is 0.563 bits per heavy atom. The number of fused-ring (bicyclic) bond motifs is 9. The van der Waals surface area contributed by atoms with Crippen LogP contribution in [0, 0.1) is 0 Å². The van der Waals surface area contributed by atoms with E-state index in [4.69, 9.17) is 9.98 Å². The standard InChI is InChI=1S/C67H54N4/c1-3-16-42-38-61-55(26-15-27-58(61)52(42)4-2)45-21-14-22-46(33-45)60-39-49(41-17-6-5-7-18-41)40-62-59-25-12-13-28-63(59)71(64(60)62)67-69-65(47-29-31-56-50(36-47)34-43-19-8-10-23-53(43)56)68-66(70-67)48-30-32-57-51(37-48)35-44-20-9-11-24-54(44)57/h3,5-8,10-12,14-19,21-27,29-33,36-37,39-40,67H,4,9,13,20,28,34-35,38H2,1-2H3,(H,68,69,70)/b16-3-. The second kappa shape index (κ2) is 16.8. The molecule has 4 nitrogen and oxygen atoms in total. The molecule has 0 saturated carbocycles. The van der Waals surface area contributed by atoms with Gasteiger partial charge in [-0.05, 0) is 178 Å². The maximum atomic E-state index is 5.73. The van der Waals surface area contributed by atoms with Crippen molar-refractivity contribution < 1.29 is 0 Å². The van der Waals surface area contributed by atoms with Gasteiger partial charge in [0.05, 0.1) is 5.52 Å². The van der Waals surface area contributed by atoms with Gasteiger partial charge in [-0.3, -0.25) is 0 Å². The molecule has 1 unspecified atom stereocenters. The van der Waals surface area contributed by atoms with Crippen molar-refractivity contribution >= 4 is 39.8 Å². The van der Waals surface area contributed by atoms with Crippen molar-refractivity contribution in [2.45, 2.75) is 71.5 Å². The smallest absolute Gasteiger partial charge is 0.224 e. The van der Waals surface area contributed by atoms with E-state index in [1.165, 1.54) is 117 Å². The molecule has 0 fully saturated rings. The highest BCUT2D eigenvalue weighted by atomic mass is 15.3. The molecule has 2 heterocycles. The Morgan fingerprint density at radius 3 is 2.08 bits per heavy atom. The first-order valence-corrected chi connectivity index (χ1v) is 25.8. The molecule has 5 aliphatic carbocycles. The molecule has 0 bridgehead atoms. The van der Waals surface area contributed by atoms with Gasteiger partial charge in [-0.1, -0.05) is 164 Å². The van der Waals surface area contributed by atoms with Crippen molar-refractivity contribution in [3.8, 4) is 44.5 Å². The first-order valence-electron chi connectivity index (χ1n) is 25.8. The van der Waals surface area contributed by atoms with Crippen LogP contribution >= 0.6 is 0 Å². The molecule has 0 amide bonds. The number of benzene rings is 7. The number of rotatable bonds is 8. The second-order valence-corrected chi connectivity index (χ2v) is 20.0. The highest BCUT2D eigenvalue weighted by Gasteiger charge is 2.31. The molecule has 342 valence electrons. The van der Waals surface area contributed by atoms with Gasteiger partial charge in [-0.25, -0.2) is 9.98 Å². The summed E-state index contributed by atoms with van der Waals surface area (Å²) in [4.78, 5) is 11.4. The first-order chi connectivity index (χ1) is 35.1. The Hall–Kier alpha value is -8.08. The van der Waals surface area contributed by atoms with Crippen LogP contribution in [0.25, 0.3) is 72.6 Å². The SMILES string of the molecule is C/C=C\C1=C(CC)c2cccc(-c3cccc(-c4cc(-c5ccccc5)cc5c6c(n(C7N=C(c8ccc9c(c8)CC8=C9C=CCC8)NC(c8ccc9c(c8)Cc8ccccc8-9)=N7)c45)CCC=C6)c3)c2C1. The fraction of sp³-hybridized carbons (Fsp3) is 0.164. The van der Waals surface area contributed by atoms with Crippen molar-refractivity contribution in [1.29, 1.82) is 0 Å². The highest BCUT2D eigenvalue weighted by Crippen LogP contribution is 2.46. The van der Waals surface area contributed by atoms with Crippen LogP contribution in [-0.4, -0.2) is 16.2 Å². The van der Waals surface area contributed by atoms with Crippen LogP contribution < -0.4 is 5.32 Å². The van der Waals surface area contributed by atoms with Crippen molar-refractivity contribution in [2.75, 3.05) is 0 Å². The Morgan fingerprint density at radius 2 is 1.25 bits per heavy atom. The highest BCUT2D eigenvalue weighted by molar-refractivity contribution is 6.16. The zero-order chi connectivity index (χ0) is 47.2. The molecular weight excluding hydrogens is 861 g/mol. The lowest BCUT2D eigenvalue weighted by atomic mass is 9.90. The largest absolute Gasteiger partial charge is 0.324 e. The molecule has 1 atom stereocenters. The molecule has 0 saturated heterocycles. The lowest BCUT2D eigenvalue weighted by Gasteiger charge is -2.26. The zero-order valence-corrected chi connectivity index (χ0v) is 40.4. The number of hydrogen-bond donors (Lipinski definition) is 1. The van der Waals surface area contributed by atoms with E-state index < -0.39 is 6.29 Å². The normalized spacial score (nSPS) is 17.2.